The highest BCUT2D eigenvalue weighted by Gasteiger charge is 2.37. The Labute approximate surface area is 315 Å². The normalized spacial score (nSPS) is 12.0. The minimum atomic E-state index is -6.09. The van der Waals surface area contributed by atoms with Gasteiger partial charge in [-0.1, -0.05) is 65.9 Å². The molecule has 0 N–H and O–H groups in total. The van der Waals surface area contributed by atoms with Gasteiger partial charge in [0.05, 0.1) is 10.9 Å². The van der Waals surface area contributed by atoms with E-state index >= 15 is 0 Å². The van der Waals surface area contributed by atoms with E-state index in [-0.39, 0.29) is 32.1 Å². The van der Waals surface area contributed by atoms with Crippen LogP contribution in [0.4, 0.5) is 26.3 Å². The highest BCUT2D eigenvalue weighted by molar-refractivity contribution is 7.99. The summed E-state index contributed by atoms with van der Waals surface area (Å²) in [6.45, 7) is 6.69. The number of aryl methyl sites for hydroxylation is 3. The molecule has 0 radical (unpaired) electrons. The molecule has 17 heteroatoms. The molecular formula is C35H29F6IO6S4. The maximum atomic E-state index is 10.7. The van der Waals surface area contributed by atoms with Crippen LogP contribution in [0.25, 0.3) is 0 Å². The molecule has 5 rings (SSSR count). The van der Waals surface area contributed by atoms with E-state index in [2.05, 4.69) is 142 Å². The van der Waals surface area contributed by atoms with Gasteiger partial charge in [0.1, 0.15) is 0 Å². The molecule has 0 saturated carbocycles. The second-order valence-electron chi connectivity index (χ2n) is 10.6. The molecule has 0 aromatic heterocycles. The van der Waals surface area contributed by atoms with E-state index < -0.39 is 31.3 Å². The van der Waals surface area contributed by atoms with Crippen molar-refractivity contribution in [2.24, 2.45) is 0 Å². The SMILES string of the molecule is Cc1cc(C)c([I+]c2ccc(Sc3ccc([S+](c4ccccc4)c4ccccc4)cc3)cc2)c(C)c1.O=S(=O)([O-])C(F)(F)F.O=S(=O)([O-])C(F)(F)F. The van der Waals surface area contributed by atoms with E-state index in [4.69, 9.17) is 25.9 Å². The van der Waals surface area contributed by atoms with Crippen molar-refractivity contribution in [1.82, 2.24) is 0 Å². The maximum absolute atomic E-state index is 10.7. The van der Waals surface area contributed by atoms with E-state index in [1.165, 1.54) is 44.7 Å². The first kappa shape index (κ1) is 43.3. The minimum absolute atomic E-state index is 0.103. The fourth-order valence-electron chi connectivity index (χ4n) is 4.29. The third kappa shape index (κ3) is 13.1. The van der Waals surface area contributed by atoms with E-state index in [1.54, 1.807) is 3.57 Å². The van der Waals surface area contributed by atoms with Crippen LogP contribution >= 0.6 is 11.8 Å². The van der Waals surface area contributed by atoms with Crippen LogP contribution in [-0.4, -0.2) is 37.0 Å². The lowest BCUT2D eigenvalue weighted by Crippen LogP contribution is -3.62. The number of halogens is 7. The quantitative estimate of drug-likeness (QED) is 0.0639. The summed E-state index contributed by atoms with van der Waals surface area (Å²) < 4.78 is 121. The molecule has 0 aliphatic rings. The molecule has 0 bridgehead atoms. The van der Waals surface area contributed by atoms with E-state index in [9.17, 15) is 26.3 Å². The number of hydrogen-bond acceptors (Lipinski definition) is 7. The lowest BCUT2D eigenvalue weighted by molar-refractivity contribution is -0.598. The molecule has 52 heavy (non-hydrogen) atoms. The monoisotopic (exact) mass is 914 g/mol. The summed E-state index contributed by atoms with van der Waals surface area (Å²) >= 11 is 1.67. The molecule has 0 heterocycles. The van der Waals surface area contributed by atoms with Crippen LogP contribution in [0.2, 0.25) is 0 Å². The fourth-order valence-corrected chi connectivity index (χ4v) is 9.69. The van der Waals surface area contributed by atoms with Crippen LogP contribution in [0.1, 0.15) is 16.7 Å². The molecule has 0 unspecified atom stereocenters. The molecule has 0 spiro atoms. The fraction of sp³-hybridized carbons (Fsp3) is 0.143. The standard InChI is InChI=1S/C33H29IS2.2CHF3O3S/c1-24-22-25(2)33(26(3)23-24)34-27-14-16-28(17-15-27)35-29-18-20-32(21-19-29)36(30-10-6-4-7-11-30)31-12-8-5-9-13-31;2*2-1(3,4)8(5,6)7/h4-23H,1-3H3;2*(H,5,6,7)/q+2;;/p-2. The van der Waals surface area contributed by atoms with Crippen molar-refractivity contribution in [3.05, 3.63) is 145 Å². The minimum Gasteiger partial charge on any atom is -0.741 e. The molecule has 0 saturated heterocycles. The number of alkyl halides is 6. The Hall–Kier alpha value is -3.07. The predicted molar refractivity (Wildman–Crippen MR) is 182 cm³/mol. The summed E-state index contributed by atoms with van der Waals surface area (Å²) in [6.07, 6.45) is 0. The van der Waals surface area contributed by atoms with E-state index in [0.29, 0.717) is 0 Å². The number of benzene rings is 5. The lowest BCUT2D eigenvalue weighted by atomic mass is 10.1. The molecule has 5 aromatic rings. The topological polar surface area (TPSA) is 114 Å². The first-order chi connectivity index (χ1) is 24.1. The second-order valence-corrected chi connectivity index (χ2v) is 19.3. The van der Waals surface area contributed by atoms with Crippen molar-refractivity contribution in [2.75, 3.05) is 0 Å². The smallest absolute Gasteiger partial charge is 0.485 e. The van der Waals surface area contributed by atoms with Gasteiger partial charge in [0.2, 0.25) is 0 Å². The van der Waals surface area contributed by atoms with Gasteiger partial charge in [0.15, 0.2) is 42.1 Å². The zero-order chi connectivity index (χ0) is 38.9. The van der Waals surface area contributed by atoms with Crippen molar-refractivity contribution < 1.29 is 73.5 Å². The zero-order valence-electron chi connectivity index (χ0n) is 27.3. The third-order valence-electron chi connectivity index (χ3n) is 6.42. The summed E-state index contributed by atoms with van der Waals surface area (Å²) in [5, 5.41) is 0. The van der Waals surface area contributed by atoms with Gasteiger partial charge in [-0.3, -0.25) is 0 Å². The first-order valence-corrected chi connectivity index (χ1v) is 21.6. The van der Waals surface area contributed by atoms with Gasteiger partial charge in [-0.05, 0) is 93.6 Å². The third-order valence-corrected chi connectivity index (χ3v) is 14.4. The van der Waals surface area contributed by atoms with Crippen LogP contribution in [0, 0.1) is 27.9 Å². The predicted octanol–water partition coefficient (Wildman–Crippen LogP) is 6.09. The molecule has 0 aliphatic carbocycles. The van der Waals surface area contributed by atoms with Crippen molar-refractivity contribution in [2.45, 2.75) is 56.3 Å². The number of hydrogen-bond donors (Lipinski definition) is 0. The summed E-state index contributed by atoms with van der Waals surface area (Å²) in [4.78, 5) is 6.61. The van der Waals surface area contributed by atoms with Gasteiger partial charge in [-0.2, -0.15) is 26.3 Å². The lowest BCUT2D eigenvalue weighted by Gasteiger charge is -2.08. The van der Waals surface area contributed by atoms with Crippen molar-refractivity contribution in [3.63, 3.8) is 0 Å². The van der Waals surface area contributed by atoms with Crippen molar-refractivity contribution in [1.29, 1.82) is 0 Å². The van der Waals surface area contributed by atoms with Crippen molar-refractivity contribution in [3.8, 4) is 0 Å². The van der Waals surface area contributed by atoms with Crippen LogP contribution < -0.4 is 21.2 Å². The summed E-state index contributed by atoms with van der Waals surface area (Å²) in [7, 11) is -12.3. The molecule has 0 amide bonds. The molecule has 278 valence electrons. The molecule has 0 aliphatic heterocycles. The molecule has 5 aromatic carbocycles. The van der Waals surface area contributed by atoms with E-state index in [1.807, 2.05) is 11.8 Å². The van der Waals surface area contributed by atoms with Crippen LogP contribution in [0.15, 0.2) is 146 Å². The zero-order valence-corrected chi connectivity index (χ0v) is 32.7. The van der Waals surface area contributed by atoms with E-state index in [0.717, 1.165) is 0 Å². The Morgan fingerprint density at radius 2 is 0.885 bits per heavy atom. The Balaban J connectivity index is 0.000000380. The Bertz CT molecular complexity index is 2030. The molecular weight excluding hydrogens is 886 g/mol. The van der Waals surface area contributed by atoms with Gasteiger partial charge in [0, 0.05) is 20.9 Å². The Morgan fingerprint density at radius 1 is 0.558 bits per heavy atom. The average molecular weight is 915 g/mol. The maximum Gasteiger partial charge on any atom is 0.485 e. The highest BCUT2D eigenvalue weighted by Crippen LogP contribution is 2.34. The van der Waals surface area contributed by atoms with Crippen LogP contribution in [-0.2, 0) is 31.1 Å². The largest absolute Gasteiger partial charge is 0.741 e. The Morgan fingerprint density at radius 3 is 1.23 bits per heavy atom. The summed E-state index contributed by atoms with van der Waals surface area (Å²) in [6, 6.07) is 44.7. The summed E-state index contributed by atoms with van der Waals surface area (Å²) in [5.74, 6) is 0. The highest BCUT2D eigenvalue weighted by atomic mass is 127. The molecule has 0 fully saturated rings. The second kappa shape index (κ2) is 18.3. The summed E-state index contributed by atoms with van der Waals surface area (Å²) in [5.41, 5.74) is -7.07. The van der Waals surface area contributed by atoms with Gasteiger partial charge < -0.3 is 9.11 Å². The molecule has 6 nitrogen and oxygen atoms in total. The van der Waals surface area contributed by atoms with Crippen molar-refractivity contribution >= 4 is 42.9 Å². The van der Waals surface area contributed by atoms with Gasteiger partial charge in [-0.15, -0.1) is 0 Å². The Kier molecular flexibility index (Phi) is 15.3. The van der Waals surface area contributed by atoms with Crippen LogP contribution in [0.3, 0.4) is 0 Å². The average Bonchev–Trinajstić information content (AvgIpc) is 3.04. The molecule has 0 atom stereocenters. The van der Waals surface area contributed by atoms with Gasteiger partial charge in [0.25, 0.3) is 0 Å². The van der Waals surface area contributed by atoms with Gasteiger partial charge >= 0.3 is 32.2 Å². The first-order valence-electron chi connectivity index (χ1n) is 14.6. The number of rotatable bonds is 7. The van der Waals surface area contributed by atoms with Crippen LogP contribution in [0.5, 0.6) is 0 Å². The van der Waals surface area contributed by atoms with Gasteiger partial charge in [-0.25, -0.2) is 16.8 Å².